The molecular formula is C15H20O4. The summed E-state index contributed by atoms with van der Waals surface area (Å²) in [5.41, 5.74) is 0.951. The molecule has 0 bridgehead atoms. The number of ether oxygens (including phenoxy) is 2. The van der Waals surface area contributed by atoms with E-state index in [1.807, 2.05) is 26.0 Å². The van der Waals surface area contributed by atoms with Gasteiger partial charge in [-0.15, -0.1) is 0 Å². The van der Waals surface area contributed by atoms with Crippen LogP contribution >= 0.6 is 0 Å². The summed E-state index contributed by atoms with van der Waals surface area (Å²) < 4.78 is 10.5. The molecule has 0 saturated carbocycles. The van der Waals surface area contributed by atoms with E-state index in [-0.39, 0.29) is 12.0 Å². The average molecular weight is 264 g/mol. The van der Waals surface area contributed by atoms with E-state index in [4.69, 9.17) is 9.47 Å². The Hall–Kier alpha value is -1.84. The Morgan fingerprint density at radius 3 is 2.32 bits per heavy atom. The molecule has 0 aliphatic heterocycles. The van der Waals surface area contributed by atoms with Crippen LogP contribution in [-0.2, 0) is 14.3 Å². The number of aldehydes is 1. The minimum atomic E-state index is -1.22. The van der Waals surface area contributed by atoms with Crippen LogP contribution in [0.2, 0.25) is 0 Å². The van der Waals surface area contributed by atoms with Gasteiger partial charge in [0.1, 0.15) is 5.75 Å². The summed E-state index contributed by atoms with van der Waals surface area (Å²) >= 11 is 0. The predicted octanol–water partition coefficient (Wildman–Crippen LogP) is 2.71. The van der Waals surface area contributed by atoms with Gasteiger partial charge in [0.25, 0.3) is 0 Å². The van der Waals surface area contributed by atoms with E-state index in [0.29, 0.717) is 12.0 Å². The Bertz CT molecular complexity index is 438. The van der Waals surface area contributed by atoms with E-state index in [2.05, 4.69) is 0 Å². The molecule has 4 heteroatoms. The fourth-order valence-electron chi connectivity index (χ4n) is 1.63. The number of hydrogen-bond donors (Lipinski definition) is 0. The highest BCUT2D eigenvalue weighted by molar-refractivity contribution is 5.91. The molecule has 0 N–H and O–H groups in total. The Labute approximate surface area is 113 Å². The zero-order valence-corrected chi connectivity index (χ0v) is 11.8. The van der Waals surface area contributed by atoms with E-state index in [1.165, 1.54) is 0 Å². The van der Waals surface area contributed by atoms with Crippen molar-refractivity contribution in [2.45, 2.75) is 45.8 Å². The van der Waals surface area contributed by atoms with Crippen molar-refractivity contribution in [1.29, 1.82) is 0 Å². The van der Waals surface area contributed by atoms with E-state index >= 15 is 0 Å². The Kier molecular flexibility index (Phi) is 5.55. The molecule has 1 atom stereocenters. The average Bonchev–Trinajstić information content (AvgIpc) is 2.35. The van der Waals surface area contributed by atoms with Gasteiger partial charge in [-0.05, 0) is 31.4 Å². The van der Waals surface area contributed by atoms with E-state index in [0.717, 1.165) is 5.56 Å². The molecule has 0 amide bonds. The van der Waals surface area contributed by atoms with Crippen molar-refractivity contribution in [3.8, 4) is 5.75 Å². The van der Waals surface area contributed by atoms with Gasteiger partial charge in [0.2, 0.25) is 6.10 Å². The zero-order valence-electron chi connectivity index (χ0n) is 11.8. The SMILES string of the molecule is CC(C)OC(=O)C(C=O)Oc1ccccc1C(C)C. The third-order valence-corrected chi connectivity index (χ3v) is 2.50. The molecule has 1 aromatic carbocycles. The molecule has 1 unspecified atom stereocenters. The summed E-state index contributed by atoms with van der Waals surface area (Å²) in [6.07, 6.45) is -1.04. The maximum absolute atomic E-state index is 11.7. The molecule has 0 radical (unpaired) electrons. The number of rotatable bonds is 6. The van der Waals surface area contributed by atoms with Gasteiger partial charge in [-0.1, -0.05) is 32.0 Å². The van der Waals surface area contributed by atoms with Gasteiger partial charge in [-0.25, -0.2) is 4.79 Å². The lowest BCUT2D eigenvalue weighted by Crippen LogP contribution is -2.32. The number of carbonyl (C=O) groups is 2. The third kappa shape index (κ3) is 4.39. The Balaban J connectivity index is 2.87. The third-order valence-electron chi connectivity index (χ3n) is 2.50. The predicted molar refractivity (Wildman–Crippen MR) is 72.2 cm³/mol. The highest BCUT2D eigenvalue weighted by Gasteiger charge is 2.23. The lowest BCUT2D eigenvalue weighted by molar-refractivity contribution is -0.156. The summed E-state index contributed by atoms with van der Waals surface area (Å²) in [5, 5.41) is 0. The maximum atomic E-state index is 11.7. The van der Waals surface area contributed by atoms with Crippen LogP contribution in [0.15, 0.2) is 24.3 Å². The van der Waals surface area contributed by atoms with Crippen molar-refractivity contribution in [3.05, 3.63) is 29.8 Å². The molecule has 4 nitrogen and oxygen atoms in total. The topological polar surface area (TPSA) is 52.6 Å². The second-order valence-corrected chi connectivity index (χ2v) is 4.85. The molecule has 1 rings (SSSR count). The first kappa shape index (κ1) is 15.2. The highest BCUT2D eigenvalue weighted by Crippen LogP contribution is 2.26. The second kappa shape index (κ2) is 6.92. The van der Waals surface area contributed by atoms with Gasteiger partial charge in [-0.2, -0.15) is 0 Å². The van der Waals surface area contributed by atoms with Crippen LogP contribution in [0.25, 0.3) is 0 Å². The minimum Gasteiger partial charge on any atom is -0.471 e. The number of carbonyl (C=O) groups excluding carboxylic acids is 2. The molecule has 104 valence electrons. The van der Waals surface area contributed by atoms with Crippen LogP contribution < -0.4 is 4.74 Å². The Morgan fingerprint density at radius 2 is 1.79 bits per heavy atom. The summed E-state index contributed by atoms with van der Waals surface area (Å²) in [5.74, 6) is 0.114. The lowest BCUT2D eigenvalue weighted by atomic mass is 10.0. The van der Waals surface area contributed by atoms with Gasteiger partial charge in [0.05, 0.1) is 6.10 Å². The van der Waals surface area contributed by atoms with Crippen molar-refractivity contribution in [2.75, 3.05) is 0 Å². The molecule has 0 aromatic heterocycles. The van der Waals surface area contributed by atoms with E-state index < -0.39 is 12.1 Å². The molecule has 0 fully saturated rings. The van der Waals surface area contributed by atoms with Gasteiger partial charge < -0.3 is 9.47 Å². The van der Waals surface area contributed by atoms with Crippen molar-refractivity contribution in [2.24, 2.45) is 0 Å². The van der Waals surface area contributed by atoms with Crippen LogP contribution in [0.1, 0.15) is 39.2 Å². The first-order valence-electron chi connectivity index (χ1n) is 6.37. The molecular weight excluding hydrogens is 244 g/mol. The number of hydrogen-bond acceptors (Lipinski definition) is 4. The van der Waals surface area contributed by atoms with E-state index in [1.54, 1.807) is 26.0 Å². The van der Waals surface area contributed by atoms with Gasteiger partial charge in [-0.3, -0.25) is 4.79 Å². The van der Waals surface area contributed by atoms with Gasteiger partial charge in [0, 0.05) is 0 Å². The minimum absolute atomic E-state index is 0.240. The first-order valence-corrected chi connectivity index (χ1v) is 6.37. The fraction of sp³-hybridized carbons (Fsp3) is 0.467. The monoisotopic (exact) mass is 264 g/mol. The largest absolute Gasteiger partial charge is 0.471 e. The van der Waals surface area contributed by atoms with Gasteiger partial charge in [0.15, 0.2) is 6.29 Å². The standard InChI is InChI=1S/C15H20O4/c1-10(2)12-7-5-6-8-13(12)19-14(9-16)15(17)18-11(3)4/h5-11,14H,1-4H3. The van der Waals surface area contributed by atoms with Crippen LogP contribution in [-0.4, -0.2) is 24.5 Å². The lowest BCUT2D eigenvalue weighted by Gasteiger charge is -2.18. The van der Waals surface area contributed by atoms with E-state index in [9.17, 15) is 9.59 Å². The van der Waals surface area contributed by atoms with Gasteiger partial charge >= 0.3 is 5.97 Å². The molecule has 0 aliphatic rings. The van der Waals surface area contributed by atoms with Crippen LogP contribution in [0.4, 0.5) is 0 Å². The quantitative estimate of drug-likeness (QED) is 0.450. The summed E-state index contributed by atoms with van der Waals surface area (Å²) in [6, 6.07) is 7.35. The van der Waals surface area contributed by atoms with Crippen molar-refractivity contribution in [3.63, 3.8) is 0 Å². The summed E-state index contributed by atoms with van der Waals surface area (Å²) in [6.45, 7) is 7.48. The summed E-state index contributed by atoms with van der Waals surface area (Å²) in [4.78, 5) is 22.7. The van der Waals surface area contributed by atoms with Crippen LogP contribution in [0.5, 0.6) is 5.75 Å². The Morgan fingerprint density at radius 1 is 1.16 bits per heavy atom. The van der Waals surface area contributed by atoms with Crippen molar-refractivity contribution in [1.82, 2.24) is 0 Å². The molecule has 1 aromatic rings. The molecule has 0 saturated heterocycles. The number of para-hydroxylation sites is 1. The highest BCUT2D eigenvalue weighted by atomic mass is 16.6. The second-order valence-electron chi connectivity index (χ2n) is 4.85. The zero-order chi connectivity index (χ0) is 14.4. The smallest absolute Gasteiger partial charge is 0.355 e. The van der Waals surface area contributed by atoms with Crippen LogP contribution in [0.3, 0.4) is 0 Å². The normalized spacial score (nSPS) is 12.3. The van der Waals surface area contributed by atoms with Crippen molar-refractivity contribution >= 4 is 12.3 Å². The van der Waals surface area contributed by atoms with Crippen molar-refractivity contribution < 1.29 is 19.1 Å². The van der Waals surface area contributed by atoms with Crippen LogP contribution in [0, 0.1) is 0 Å². The number of benzene rings is 1. The maximum Gasteiger partial charge on any atom is 0.355 e. The summed E-state index contributed by atoms with van der Waals surface area (Å²) in [7, 11) is 0. The number of esters is 1. The fourth-order valence-corrected chi connectivity index (χ4v) is 1.63. The molecule has 0 spiro atoms. The molecule has 19 heavy (non-hydrogen) atoms. The molecule has 0 aliphatic carbocycles. The first-order chi connectivity index (χ1) is 8.95. The molecule has 0 heterocycles.